The van der Waals surface area contributed by atoms with E-state index < -0.39 is 5.97 Å². The molecule has 0 aliphatic heterocycles. The summed E-state index contributed by atoms with van der Waals surface area (Å²) in [5.74, 6) is -0.976. The zero-order chi connectivity index (χ0) is 13.1. The lowest BCUT2D eigenvalue weighted by Gasteiger charge is -2.08. The summed E-state index contributed by atoms with van der Waals surface area (Å²) in [7, 11) is 0. The van der Waals surface area contributed by atoms with Gasteiger partial charge in [0.25, 0.3) is 5.56 Å². The second kappa shape index (κ2) is 4.83. The maximum Gasteiger partial charge on any atom is 0.309 e. The first-order chi connectivity index (χ1) is 8.63. The van der Waals surface area contributed by atoms with Crippen molar-refractivity contribution in [1.29, 1.82) is 0 Å². The summed E-state index contributed by atoms with van der Waals surface area (Å²) in [6.07, 6.45) is 1.34. The summed E-state index contributed by atoms with van der Waals surface area (Å²) in [6, 6.07) is 6.88. The Morgan fingerprint density at radius 3 is 2.67 bits per heavy atom. The highest BCUT2D eigenvalue weighted by molar-refractivity contribution is 5.86. The number of benzene rings is 1. The van der Waals surface area contributed by atoms with E-state index in [0.717, 1.165) is 0 Å². The Bertz CT molecular complexity index is 673. The number of aliphatic carboxylic acids is 1. The number of carboxylic acids is 1. The highest BCUT2D eigenvalue weighted by Crippen LogP contribution is 2.13. The Kier molecular flexibility index (Phi) is 3.23. The normalized spacial score (nSPS) is 10.4. The number of carboxylic acid groups (broad SMARTS) is 1. The average molecular weight is 244 g/mol. The molecule has 0 fully saturated rings. The van der Waals surface area contributed by atoms with Crippen LogP contribution in [0.15, 0.2) is 41.7 Å². The van der Waals surface area contributed by atoms with E-state index in [9.17, 15) is 9.59 Å². The molecule has 0 aliphatic carbocycles. The van der Waals surface area contributed by atoms with Crippen LogP contribution in [0.3, 0.4) is 0 Å². The number of nitrogens with zero attached hydrogens (tertiary/aromatic N) is 2. The average Bonchev–Trinajstić information content (AvgIpc) is 2.35. The molecule has 92 valence electrons. The number of hydrogen-bond acceptors (Lipinski definition) is 3. The smallest absolute Gasteiger partial charge is 0.309 e. The molecular formula is C13H12N2O3. The van der Waals surface area contributed by atoms with Gasteiger partial charge in [-0.05, 0) is 6.07 Å². The molecule has 0 bridgehead atoms. The fourth-order valence-electron chi connectivity index (χ4n) is 1.83. The zero-order valence-electron chi connectivity index (χ0n) is 9.67. The lowest BCUT2D eigenvalue weighted by molar-refractivity contribution is -0.136. The van der Waals surface area contributed by atoms with E-state index in [0.29, 0.717) is 16.5 Å². The fraction of sp³-hybridized carbons (Fsp3) is 0.154. The quantitative estimate of drug-likeness (QED) is 0.820. The number of hydrogen-bond donors (Lipinski definition) is 1. The molecule has 0 atom stereocenters. The van der Waals surface area contributed by atoms with Gasteiger partial charge in [-0.15, -0.1) is 6.58 Å². The molecule has 0 radical (unpaired) electrons. The van der Waals surface area contributed by atoms with Gasteiger partial charge in [-0.1, -0.05) is 24.3 Å². The standard InChI is InChI=1S/C13H12N2O3/c1-2-7-15-13(18)10-6-4-3-5-9(10)11(14-15)8-12(16)17/h2-6H,1,7-8H2,(H,16,17). The Morgan fingerprint density at radius 1 is 1.39 bits per heavy atom. The Hall–Kier alpha value is -2.43. The van der Waals surface area contributed by atoms with Gasteiger partial charge in [-0.3, -0.25) is 9.59 Å². The third kappa shape index (κ3) is 2.15. The van der Waals surface area contributed by atoms with Crippen LogP contribution in [-0.4, -0.2) is 20.9 Å². The number of fused-ring (bicyclic) bond motifs is 1. The molecular weight excluding hydrogens is 232 g/mol. The molecule has 2 aromatic rings. The van der Waals surface area contributed by atoms with Crippen molar-refractivity contribution in [3.05, 3.63) is 53.0 Å². The van der Waals surface area contributed by atoms with Crippen LogP contribution in [0.25, 0.3) is 10.8 Å². The highest BCUT2D eigenvalue weighted by Gasteiger charge is 2.11. The van der Waals surface area contributed by atoms with Gasteiger partial charge in [0.05, 0.1) is 24.0 Å². The molecule has 0 saturated heterocycles. The molecule has 1 heterocycles. The minimum absolute atomic E-state index is 0.210. The largest absolute Gasteiger partial charge is 0.481 e. The molecule has 0 unspecified atom stereocenters. The van der Waals surface area contributed by atoms with Crippen molar-refractivity contribution >= 4 is 16.7 Å². The van der Waals surface area contributed by atoms with Gasteiger partial charge in [0, 0.05) is 5.39 Å². The van der Waals surface area contributed by atoms with Crippen molar-refractivity contribution in [2.75, 3.05) is 0 Å². The van der Waals surface area contributed by atoms with Gasteiger partial charge in [0.2, 0.25) is 0 Å². The maximum atomic E-state index is 12.1. The molecule has 0 spiro atoms. The van der Waals surface area contributed by atoms with Gasteiger partial charge in [-0.25, -0.2) is 4.68 Å². The summed E-state index contributed by atoms with van der Waals surface area (Å²) in [4.78, 5) is 22.9. The van der Waals surface area contributed by atoms with E-state index in [-0.39, 0.29) is 18.5 Å². The van der Waals surface area contributed by atoms with Gasteiger partial charge < -0.3 is 5.11 Å². The monoisotopic (exact) mass is 244 g/mol. The van der Waals surface area contributed by atoms with Gasteiger partial charge in [0.1, 0.15) is 0 Å². The van der Waals surface area contributed by atoms with Crippen LogP contribution in [0.2, 0.25) is 0 Å². The Balaban J connectivity index is 2.75. The van der Waals surface area contributed by atoms with Crippen molar-refractivity contribution in [3.8, 4) is 0 Å². The summed E-state index contributed by atoms with van der Waals surface area (Å²) >= 11 is 0. The van der Waals surface area contributed by atoms with Crippen molar-refractivity contribution in [2.45, 2.75) is 13.0 Å². The topological polar surface area (TPSA) is 72.2 Å². The van der Waals surface area contributed by atoms with Crippen molar-refractivity contribution in [2.24, 2.45) is 0 Å². The molecule has 1 aromatic carbocycles. The van der Waals surface area contributed by atoms with Crippen molar-refractivity contribution < 1.29 is 9.90 Å². The molecule has 5 nitrogen and oxygen atoms in total. The molecule has 5 heteroatoms. The van der Waals surface area contributed by atoms with Crippen LogP contribution < -0.4 is 5.56 Å². The minimum atomic E-state index is -0.976. The van der Waals surface area contributed by atoms with E-state index in [1.54, 1.807) is 30.3 Å². The molecule has 0 aliphatic rings. The van der Waals surface area contributed by atoms with E-state index in [4.69, 9.17) is 5.11 Å². The molecule has 0 amide bonds. The number of allylic oxidation sites excluding steroid dienone is 1. The van der Waals surface area contributed by atoms with Crippen LogP contribution in [-0.2, 0) is 17.8 Å². The van der Waals surface area contributed by atoms with Crippen LogP contribution in [0.5, 0.6) is 0 Å². The van der Waals surface area contributed by atoms with Gasteiger partial charge >= 0.3 is 5.97 Å². The second-order valence-corrected chi connectivity index (χ2v) is 3.84. The third-order valence-corrected chi connectivity index (χ3v) is 2.56. The lowest BCUT2D eigenvalue weighted by Crippen LogP contribution is -2.24. The summed E-state index contributed by atoms with van der Waals surface area (Å²) in [5.41, 5.74) is 0.152. The minimum Gasteiger partial charge on any atom is -0.481 e. The molecule has 2 rings (SSSR count). The fourth-order valence-corrected chi connectivity index (χ4v) is 1.83. The first-order valence-corrected chi connectivity index (χ1v) is 5.45. The van der Waals surface area contributed by atoms with Gasteiger partial charge in [-0.2, -0.15) is 5.10 Å². The number of aromatic nitrogens is 2. The second-order valence-electron chi connectivity index (χ2n) is 3.84. The Morgan fingerprint density at radius 2 is 2.06 bits per heavy atom. The SMILES string of the molecule is C=CCn1nc(CC(=O)O)c2ccccc2c1=O. The van der Waals surface area contributed by atoms with Crippen LogP contribution in [0.4, 0.5) is 0 Å². The summed E-state index contributed by atoms with van der Waals surface area (Å²) < 4.78 is 1.23. The van der Waals surface area contributed by atoms with Gasteiger partial charge in [0.15, 0.2) is 0 Å². The first kappa shape index (κ1) is 12.0. The molecule has 0 saturated carbocycles. The van der Waals surface area contributed by atoms with E-state index in [1.165, 1.54) is 4.68 Å². The number of carbonyl (C=O) groups is 1. The maximum absolute atomic E-state index is 12.1. The summed E-state index contributed by atoms with van der Waals surface area (Å²) in [6.45, 7) is 3.81. The van der Waals surface area contributed by atoms with E-state index >= 15 is 0 Å². The predicted octanol–water partition coefficient (Wildman–Crippen LogP) is 1.21. The Labute approximate surface area is 103 Å². The first-order valence-electron chi connectivity index (χ1n) is 5.45. The van der Waals surface area contributed by atoms with Crippen LogP contribution in [0, 0.1) is 0 Å². The van der Waals surface area contributed by atoms with Crippen molar-refractivity contribution in [3.63, 3.8) is 0 Å². The summed E-state index contributed by atoms with van der Waals surface area (Å²) in [5, 5.41) is 14.0. The lowest BCUT2D eigenvalue weighted by atomic mass is 10.1. The number of rotatable bonds is 4. The molecule has 1 N–H and O–H groups in total. The van der Waals surface area contributed by atoms with E-state index in [2.05, 4.69) is 11.7 Å². The third-order valence-electron chi connectivity index (χ3n) is 2.56. The molecule has 1 aromatic heterocycles. The van der Waals surface area contributed by atoms with Crippen LogP contribution in [0.1, 0.15) is 5.69 Å². The molecule has 18 heavy (non-hydrogen) atoms. The highest BCUT2D eigenvalue weighted by atomic mass is 16.4. The van der Waals surface area contributed by atoms with Crippen LogP contribution >= 0.6 is 0 Å². The zero-order valence-corrected chi connectivity index (χ0v) is 9.67. The van der Waals surface area contributed by atoms with Crippen molar-refractivity contribution in [1.82, 2.24) is 9.78 Å². The predicted molar refractivity (Wildman–Crippen MR) is 67.5 cm³/mol. The van der Waals surface area contributed by atoms with E-state index in [1.807, 2.05) is 0 Å².